The van der Waals surface area contributed by atoms with Gasteiger partial charge < -0.3 is 9.84 Å². The monoisotopic (exact) mass is 191 g/mol. The highest BCUT2D eigenvalue weighted by atomic mass is 16.5. The first-order chi connectivity index (χ1) is 6.65. The van der Waals surface area contributed by atoms with E-state index in [-0.39, 0.29) is 17.9 Å². The number of rotatable bonds is 3. The highest BCUT2D eigenvalue weighted by Crippen LogP contribution is 2.19. The average Bonchev–Trinajstić information content (AvgIpc) is 2.15. The maximum atomic E-state index is 10.8. The van der Waals surface area contributed by atoms with Crippen LogP contribution in [0.25, 0.3) is 0 Å². The molecule has 4 heteroatoms. The first-order valence-corrected chi connectivity index (χ1v) is 3.99. The van der Waals surface area contributed by atoms with Gasteiger partial charge in [-0.1, -0.05) is 11.6 Å². The number of carboxylic acid groups (broad SMARTS) is 1. The lowest BCUT2D eigenvalue weighted by Gasteiger charge is -2.06. The van der Waals surface area contributed by atoms with Crippen molar-refractivity contribution in [3.63, 3.8) is 0 Å². The Hall–Kier alpha value is -2.02. The Morgan fingerprint density at radius 1 is 1.64 bits per heavy atom. The number of benzene rings is 1. The fourth-order valence-electron chi connectivity index (χ4n) is 1.05. The summed E-state index contributed by atoms with van der Waals surface area (Å²) in [7, 11) is 0. The van der Waals surface area contributed by atoms with Crippen molar-refractivity contribution in [2.45, 2.75) is 6.92 Å². The van der Waals surface area contributed by atoms with Crippen LogP contribution in [0.3, 0.4) is 0 Å². The lowest BCUT2D eigenvalue weighted by molar-refractivity contribution is 0.0692. The number of nitriles is 1. The summed E-state index contributed by atoms with van der Waals surface area (Å²) in [6.07, 6.45) is 0. The fraction of sp³-hybridized carbons (Fsp3) is 0.200. The molecule has 0 atom stereocenters. The molecular weight excluding hydrogens is 182 g/mol. The lowest BCUT2D eigenvalue weighted by atomic mass is 10.1. The molecule has 0 saturated carbocycles. The molecule has 72 valence electrons. The minimum Gasteiger partial charge on any atom is -0.478 e. The average molecular weight is 191 g/mol. The van der Waals surface area contributed by atoms with Gasteiger partial charge in [0.1, 0.15) is 17.4 Å². The van der Waals surface area contributed by atoms with Crippen molar-refractivity contribution in [3.05, 3.63) is 29.3 Å². The van der Waals surface area contributed by atoms with E-state index < -0.39 is 5.97 Å². The predicted octanol–water partition coefficient (Wildman–Crippen LogP) is 1.60. The van der Waals surface area contributed by atoms with Gasteiger partial charge in [0, 0.05) is 0 Å². The number of carboxylic acids is 1. The third-order valence-electron chi connectivity index (χ3n) is 1.66. The van der Waals surface area contributed by atoms with Crippen molar-refractivity contribution < 1.29 is 14.6 Å². The van der Waals surface area contributed by atoms with Crippen LogP contribution in [0.4, 0.5) is 0 Å². The molecule has 0 unspecified atom stereocenters. The number of ether oxygens (including phenoxy) is 1. The fourth-order valence-corrected chi connectivity index (χ4v) is 1.05. The van der Waals surface area contributed by atoms with Gasteiger partial charge in [-0.3, -0.25) is 0 Å². The minimum atomic E-state index is -1.05. The largest absolute Gasteiger partial charge is 0.478 e. The quantitative estimate of drug-likeness (QED) is 0.787. The number of nitrogens with zero attached hydrogens (tertiary/aromatic N) is 1. The van der Waals surface area contributed by atoms with Crippen LogP contribution in [0.2, 0.25) is 0 Å². The molecule has 0 spiro atoms. The third-order valence-corrected chi connectivity index (χ3v) is 1.66. The van der Waals surface area contributed by atoms with E-state index in [0.717, 1.165) is 5.56 Å². The van der Waals surface area contributed by atoms with E-state index in [1.807, 2.05) is 0 Å². The summed E-state index contributed by atoms with van der Waals surface area (Å²) in [4.78, 5) is 10.8. The van der Waals surface area contributed by atoms with Crippen molar-refractivity contribution in [1.82, 2.24) is 0 Å². The van der Waals surface area contributed by atoms with Gasteiger partial charge in [-0.15, -0.1) is 0 Å². The number of aromatic carboxylic acids is 1. The predicted molar refractivity (Wildman–Crippen MR) is 49.2 cm³/mol. The summed E-state index contributed by atoms with van der Waals surface area (Å²) in [5, 5.41) is 17.1. The number of hydrogen-bond donors (Lipinski definition) is 1. The van der Waals surface area contributed by atoms with Crippen molar-refractivity contribution in [2.75, 3.05) is 6.61 Å². The maximum absolute atomic E-state index is 10.8. The van der Waals surface area contributed by atoms with Crippen LogP contribution in [0.1, 0.15) is 15.9 Å². The zero-order valence-electron chi connectivity index (χ0n) is 7.65. The standard InChI is InChI=1S/C10H9NO3/c1-7-2-3-9(14-5-4-11)8(6-7)10(12)13/h2-3,6H,5H2,1H3,(H,12,13). The Morgan fingerprint density at radius 3 is 2.93 bits per heavy atom. The molecule has 0 amide bonds. The molecule has 4 nitrogen and oxygen atoms in total. The Balaban J connectivity index is 3.03. The molecule has 0 aliphatic heterocycles. The summed E-state index contributed by atoms with van der Waals surface area (Å²) in [5.41, 5.74) is 0.923. The molecule has 1 aromatic rings. The molecule has 0 saturated heterocycles. The van der Waals surface area contributed by atoms with E-state index in [1.165, 1.54) is 6.07 Å². The van der Waals surface area contributed by atoms with Crippen LogP contribution >= 0.6 is 0 Å². The molecule has 0 aromatic heterocycles. The van der Waals surface area contributed by atoms with Crippen LogP contribution in [0, 0.1) is 18.3 Å². The molecule has 0 aliphatic rings. The molecule has 1 rings (SSSR count). The maximum Gasteiger partial charge on any atom is 0.339 e. The van der Waals surface area contributed by atoms with E-state index in [1.54, 1.807) is 25.1 Å². The summed E-state index contributed by atoms with van der Waals surface area (Å²) in [5.74, 6) is -0.828. The van der Waals surface area contributed by atoms with E-state index in [0.29, 0.717) is 0 Å². The number of carbonyl (C=O) groups is 1. The lowest BCUT2D eigenvalue weighted by Crippen LogP contribution is -2.03. The van der Waals surface area contributed by atoms with Crippen LogP contribution in [-0.2, 0) is 0 Å². The normalized spacial score (nSPS) is 9.14. The Labute approximate surface area is 81.4 Å². The first kappa shape index (κ1) is 10.1. The summed E-state index contributed by atoms with van der Waals surface area (Å²) < 4.78 is 4.96. The molecule has 0 radical (unpaired) electrons. The second-order valence-electron chi connectivity index (χ2n) is 2.75. The highest BCUT2D eigenvalue weighted by Gasteiger charge is 2.10. The Bertz CT molecular complexity index is 393. The van der Waals surface area contributed by atoms with E-state index in [4.69, 9.17) is 15.1 Å². The summed E-state index contributed by atoms with van der Waals surface area (Å²) in [6.45, 7) is 1.64. The van der Waals surface area contributed by atoms with Crippen LogP contribution in [0.15, 0.2) is 18.2 Å². The van der Waals surface area contributed by atoms with Crippen molar-refractivity contribution in [1.29, 1.82) is 5.26 Å². The van der Waals surface area contributed by atoms with E-state index in [2.05, 4.69) is 0 Å². The zero-order chi connectivity index (χ0) is 10.6. The van der Waals surface area contributed by atoms with Gasteiger partial charge in [-0.05, 0) is 19.1 Å². The highest BCUT2D eigenvalue weighted by molar-refractivity contribution is 5.91. The van der Waals surface area contributed by atoms with Gasteiger partial charge in [-0.2, -0.15) is 5.26 Å². The number of hydrogen-bond acceptors (Lipinski definition) is 3. The van der Waals surface area contributed by atoms with Gasteiger partial charge in [0.2, 0.25) is 0 Å². The second-order valence-corrected chi connectivity index (χ2v) is 2.75. The third kappa shape index (κ3) is 2.23. The summed E-state index contributed by atoms with van der Waals surface area (Å²) >= 11 is 0. The SMILES string of the molecule is Cc1ccc(OCC#N)c(C(=O)O)c1. The molecule has 1 N–H and O–H groups in total. The smallest absolute Gasteiger partial charge is 0.339 e. The minimum absolute atomic E-state index is 0.0836. The number of aryl methyl sites for hydroxylation is 1. The van der Waals surface area contributed by atoms with Crippen molar-refractivity contribution in [3.8, 4) is 11.8 Å². The Morgan fingerprint density at radius 2 is 2.36 bits per heavy atom. The van der Waals surface area contributed by atoms with Gasteiger partial charge in [0.15, 0.2) is 6.61 Å². The molecule has 14 heavy (non-hydrogen) atoms. The molecule has 1 aromatic carbocycles. The molecule has 0 bridgehead atoms. The van der Waals surface area contributed by atoms with Crippen LogP contribution in [-0.4, -0.2) is 17.7 Å². The molecule has 0 heterocycles. The zero-order valence-corrected chi connectivity index (χ0v) is 7.65. The van der Waals surface area contributed by atoms with Crippen LogP contribution < -0.4 is 4.74 Å². The molecular formula is C10H9NO3. The second kappa shape index (κ2) is 4.28. The van der Waals surface area contributed by atoms with Crippen molar-refractivity contribution in [2.24, 2.45) is 0 Å². The molecule has 0 aliphatic carbocycles. The van der Waals surface area contributed by atoms with Crippen LogP contribution in [0.5, 0.6) is 5.75 Å². The van der Waals surface area contributed by atoms with E-state index in [9.17, 15) is 4.79 Å². The summed E-state index contributed by atoms with van der Waals surface area (Å²) in [6, 6.07) is 6.58. The van der Waals surface area contributed by atoms with Gasteiger partial charge >= 0.3 is 5.97 Å². The van der Waals surface area contributed by atoms with Gasteiger partial charge in [0.25, 0.3) is 0 Å². The van der Waals surface area contributed by atoms with Gasteiger partial charge in [-0.25, -0.2) is 4.79 Å². The Kier molecular flexibility index (Phi) is 3.08. The topological polar surface area (TPSA) is 70.3 Å². The van der Waals surface area contributed by atoms with E-state index >= 15 is 0 Å². The molecule has 0 fully saturated rings. The van der Waals surface area contributed by atoms with Crippen molar-refractivity contribution >= 4 is 5.97 Å². The first-order valence-electron chi connectivity index (χ1n) is 3.99. The van der Waals surface area contributed by atoms with Gasteiger partial charge in [0.05, 0.1) is 0 Å².